The molecule has 0 radical (unpaired) electrons. The van der Waals surface area contributed by atoms with E-state index in [2.05, 4.69) is 26.2 Å². The smallest absolute Gasteiger partial charge is 0.305 e. The third-order valence-corrected chi connectivity index (χ3v) is 9.85. The first-order valence-corrected chi connectivity index (χ1v) is 15.1. The summed E-state index contributed by atoms with van der Waals surface area (Å²) < 4.78 is 19.8. The Bertz CT molecular complexity index is 1740. The van der Waals surface area contributed by atoms with Gasteiger partial charge in [0.15, 0.2) is 6.61 Å². The Balaban J connectivity index is 1.36. The van der Waals surface area contributed by atoms with Crippen molar-refractivity contribution in [3.63, 3.8) is 0 Å². The normalized spacial score (nSPS) is 19.6. The molecule has 2 N–H and O–H groups in total. The zero-order chi connectivity index (χ0) is 28.8. The lowest BCUT2D eigenvalue weighted by molar-refractivity contribution is -0.122. The second-order valence-electron chi connectivity index (χ2n) is 9.26. The van der Waals surface area contributed by atoms with Crippen molar-refractivity contribution >= 4 is 79.7 Å². The summed E-state index contributed by atoms with van der Waals surface area (Å²) in [5.41, 5.74) is 1.35. The first-order valence-electron chi connectivity index (χ1n) is 12.2. The lowest BCUT2D eigenvalue weighted by atomic mass is 9.82. The SMILES string of the molecule is O=C(COc1ccc(Br)cc1C1c2sc(=O)[nH]c2SC2C(=O)N(c3ccc(Cl)cc3)C(=O)C21)Nc1ccc(F)cc1. The Hall–Kier alpha value is -3.45. The minimum atomic E-state index is -0.841. The number of fused-ring (bicyclic) bond motifs is 2. The maximum Gasteiger partial charge on any atom is 0.305 e. The van der Waals surface area contributed by atoms with E-state index < -0.39 is 40.6 Å². The van der Waals surface area contributed by atoms with E-state index in [1.54, 1.807) is 42.5 Å². The van der Waals surface area contributed by atoms with E-state index in [1.165, 1.54) is 24.3 Å². The highest BCUT2D eigenvalue weighted by Crippen LogP contribution is 2.54. The van der Waals surface area contributed by atoms with Crippen molar-refractivity contribution in [1.82, 2.24) is 4.98 Å². The first-order chi connectivity index (χ1) is 19.7. The third-order valence-electron chi connectivity index (χ3n) is 6.70. The molecule has 8 nitrogen and oxygen atoms in total. The van der Waals surface area contributed by atoms with Crippen LogP contribution in [0.15, 0.2) is 81.0 Å². The minimum absolute atomic E-state index is 0.307. The molecule has 208 valence electrons. The van der Waals surface area contributed by atoms with E-state index in [0.717, 1.165) is 28.0 Å². The third kappa shape index (κ3) is 5.32. The van der Waals surface area contributed by atoms with Gasteiger partial charge in [-0.25, -0.2) is 9.29 Å². The van der Waals surface area contributed by atoms with Crippen LogP contribution in [0.5, 0.6) is 5.75 Å². The second-order valence-corrected chi connectivity index (χ2v) is 12.8. The summed E-state index contributed by atoms with van der Waals surface area (Å²) >= 11 is 11.6. The summed E-state index contributed by atoms with van der Waals surface area (Å²) in [6, 6.07) is 16.9. The molecule has 4 aromatic rings. The average molecular weight is 675 g/mol. The van der Waals surface area contributed by atoms with Gasteiger partial charge in [-0.3, -0.25) is 19.2 Å². The zero-order valence-electron chi connectivity index (χ0n) is 20.7. The molecule has 13 heteroatoms. The largest absolute Gasteiger partial charge is 0.483 e. The summed E-state index contributed by atoms with van der Waals surface area (Å²) in [6.45, 7) is -0.373. The maximum absolute atomic E-state index is 14.0. The predicted molar refractivity (Wildman–Crippen MR) is 159 cm³/mol. The fraction of sp³-hybridized carbons (Fsp3) is 0.143. The molecule has 3 heterocycles. The lowest BCUT2D eigenvalue weighted by Gasteiger charge is -2.31. The molecule has 3 unspecified atom stereocenters. The first kappa shape index (κ1) is 27.7. The molecule has 1 aromatic heterocycles. The van der Waals surface area contributed by atoms with Crippen molar-refractivity contribution in [2.75, 3.05) is 16.8 Å². The summed E-state index contributed by atoms with van der Waals surface area (Å²) in [6.07, 6.45) is 0. The Labute approximate surface area is 254 Å². The van der Waals surface area contributed by atoms with Gasteiger partial charge in [-0.15, -0.1) is 0 Å². The standard InChI is InChI=1S/C28H18BrClFN3O5S2/c29-13-1-10-19(39-12-20(35)32-16-6-4-15(31)5-7-16)18(11-13)21-22-24(40-25-23(21)41-28(38)33-25)27(37)34(26(22)36)17-8-2-14(30)3-9-17/h1-11,21-22,24H,12H2,(H,32,35)(H,33,38). The van der Waals surface area contributed by atoms with Gasteiger partial charge in [0.25, 0.3) is 5.91 Å². The Morgan fingerprint density at radius 3 is 2.51 bits per heavy atom. The molecular formula is C28H18BrClFN3O5S2. The van der Waals surface area contributed by atoms with Crippen molar-refractivity contribution < 1.29 is 23.5 Å². The van der Waals surface area contributed by atoms with Gasteiger partial charge in [0.2, 0.25) is 11.8 Å². The van der Waals surface area contributed by atoms with Crippen LogP contribution in [-0.4, -0.2) is 34.6 Å². The van der Waals surface area contributed by atoms with Crippen molar-refractivity contribution in [2.24, 2.45) is 5.92 Å². The van der Waals surface area contributed by atoms with Gasteiger partial charge in [0.05, 0.1) is 16.6 Å². The molecule has 0 spiro atoms. The van der Waals surface area contributed by atoms with Gasteiger partial charge in [-0.05, 0) is 66.7 Å². The number of hydrogen-bond acceptors (Lipinski definition) is 7. The topological polar surface area (TPSA) is 109 Å². The van der Waals surface area contributed by atoms with E-state index in [9.17, 15) is 23.6 Å². The molecule has 1 fully saturated rings. The average Bonchev–Trinajstić information content (AvgIpc) is 3.44. The highest BCUT2D eigenvalue weighted by molar-refractivity contribution is 9.10. The van der Waals surface area contributed by atoms with E-state index >= 15 is 0 Å². The van der Waals surface area contributed by atoms with E-state index in [1.807, 2.05) is 0 Å². The molecule has 0 bridgehead atoms. The van der Waals surface area contributed by atoms with Gasteiger partial charge < -0.3 is 15.0 Å². The molecular weight excluding hydrogens is 657 g/mol. The molecule has 1 saturated heterocycles. The summed E-state index contributed by atoms with van der Waals surface area (Å²) in [5, 5.41) is 2.84. The van der Waals surface area contributed by atoms with Gasteiger partial charge in [0.1, 0.15) is 16.8 Å². The Kier molecular flexibility index (Phi) is 7.49. The lowest BCUT2D eigenvalue weighted by Crippen LogP contribution is -2.32. The predicted octanol–water partition coefficient (Wildman–Crippen LogP) is 5.80. The van der Waals surface area contributed by atoms with E-state index in [4.69, 9.17) is 16.3 Å². The van der Waals surface area contributed by atoms with Crippen LogP contribution in [0.25, 0.3) is 0 Å². The molecule has 2 aliphatic heterocycles. The molecule has 3 amide bonds. The molecule has 0 saturated carbocycles. The Morgan fingerprint density at radius 1 is 1.05 bits per heavy atom. The van der Waals surface area contributed by atoms with Gasteiger partial charge >= 0.3 is 4.87 Å². The summed E-state index contributed by atoms with van der Waals surface area (Å²) in [7, 11) is 0. The molecule has 3 aromatic carbocycles. The number of halogens is 3. The number of imide groups is 1. The van der Waals surface area contributed by atoms with Crippen LogP contribution >= 0.6 is 50.6 Å². The number of carbonyl (C=O) groups excluding carboxylic acids is 3. The highest BCUT2D eigenvalue weighted by Gasteiger charge is 2.56. The summed E-state index contributed by atoms with van der Waals surface area (Å²) in [4.78, 5) is 56.9. The molecule has 41 heavy (non-hydrogen) atoms. The fourth-order valence-electron chi connectivity index (χ4n) is 4.96. The Morgan fingerprint density at radius 2 is 1.78 bits per heavy atom. The number of anilines is 2. The number of aromatic nitrogens is 1. The number of aromatic amines is 1. The number of ether oxygens (including phenoxy) is 1. The number of nitrogens with one attached hydrogen (secondary N) is 2. The van der Waals surface area contributed by atoms with E-state index in [-0.39, 0.29) is 11.5 Å². The van der Waals surface area contributed by atoms with Crippen LogP contribution in [0.3, 0.4) is 0 Å². The quantitative estimate of drug-likeness (QED) is 0.250. The molecule has 2 aliphatic rings. The van der Waals surface area contributed by atoms with Crippen molar-refractivity contribution in [3.05, 3.63) is 102 Å². The van der Waals surface area contributed by atoms with Crippen LogP contribution in [0.1, 0.15) is 16.4 Å². The van der Waals surface area contributed by atoms with Crippen molar-refractivity contribution in [1.29, 1.82) is 0 Å². The fourth-order valence-corrected chi connectivity index (χ4v) is 7.98. The van der Waals surface area contributed by atoms with Crippen LogP contribution in [-0.2, 0) is 14.4 Å². The number of carbonyl (C=O) groups is 3. The van der Waals surface area contributed by atoms with Crippen molar-refractivity contribution in [3.8, 4) is 5.75 Å². The van der Waals surface area contributed by atoms with Gasteiger partial charge in [-0.1, -0.05) is 50.6 Å². The van der Waals surface area contributed by atoms with Crippen LogP contribution < -0.4 is 19.8 Å². The van der Waals surface area contributed by atoms with Gasteiger partial charge in [-0.2, -0.15) is 0 Å². The van der Waals surface area contributed by atoms with Crippen LogP contribution in [0.4, 0.5) is 15.8 Å². The highest BCUT2D eigenvalue weighted by atomic mass is 79.9. The van der Waals surface area contributed by atoms with Crippen LogP contribution in [0.2, 0.25) is 5.02 Å². The number of nitrogens with zero attached hydrogens (tertiary/aromatic N) is 1. The number of hydrogen-bond donors (Lipinski definition) is 2. The number of thiazole rings is 1. The van der Waals surface area contributed by atoms with Crippen LogP contribution in [0, 0.1) is 11.7 Å². The van der Waals surface area contributed by atoms with Gasteiger partial charge in [0, 0.05) is 31.5 Å². The second kappa shape index (κ2) is 11.1. The number of rotatable bonds is 6. The van der Waals surface area contributed by atoms with Crippen molar-refractivity contribution in [2.45, 2.75) is 16.2 Å². The molecule has 3 atom stereocenters. The monoisotopic (exact) mass is 673 g/mol. The number of H-pyrrole nitrogens is 1. The number of thioether (sulfide) groups is 1. The summed E-state index contributed by atoms with van der Waals surface area (Å²) in [5.74, 6) is -2.94. The number of benzene rings is 3. The number of amides is 3. The molecule has 6 rings (SSSR count). The minimum Gasteiger partial charge on any atom is -0.483 e. The molecule has 0 aliphatic carbocycles. The maximum atomic E-state index is 14.0. The zero-order valence-corrected chi connectivity index (χ0v) is 24.7. The van der Waals surface area contributed by atoms with E-state index in [0.29, 0.717) is 42.1 Å².